The van der Waals surface area contributed by atoms with Crippen LogP contribution in [0.15, 0.2) is 0 Å². The second kappa shape index (κ2) is 7.72. The SMILES string of the molecule is CC1CCC(N2CC(C(=O)N3CCOC(CC(=O)O)C3)CC2=O)CC1. The van der Waals surface area contributed by atoms with Gasteiger partial charge in [-0.15, -0.1) is 0 Å². The third kappa shape index (κ3) is 4.32. The molecule has 2 unspecified atom stereocenters. The van der Waals surface area contributed by atoms with Crippen LogP contribution in [-0.2, 0) is 19.1 Å². The summed E-state index contributed by atoms with van der Waals surface area (Å²) in [4.78, 5) is 39.7. The molecule has 1 N–H and O–H groups in total. The number of hydrogen-bond donors (Lipinski definition) is 1. The molecule has 0 bridgehead atoms. The third-order valence-electron chi connectivity index (χ3n) is 5.79. The molecule has 7 nitrogen and oxygen atoms in total. The summed E-state index contributed by atoms with van der Waals surface area (Å²) in [5, 5.41) is 8.90. The molecule has 2 atom stereocenters. The van der Waals surface area contributed by atoms with Gasteiger partial charge in [0.15, 0.2) is 0 Å². The maximum Gasteiger partial charge on any atom is 0.306 e. The molecule has 3 fully saturated rings. The van der Waals surface area contributed by atoms with Gasteiger partial charge < -0.3 is 19.6 Å². The number of ether oxygens (including phenoxy) is 1. The fraction of sp³-hybridized carbons (Fsp3) is 0.833. The van der Waals surface area contributed by atoms with Crippen LogP contribution in [0.25, 0.3) is 0 Å². The first-order valence-corrected chi connectivity index (χ1v) is 9.35. The van der Waals surface area contributed by atoms with E-state index in [-0.39, 0.29) is 36.6 Å². The van der Waals surface area contributed by atoms with Crippen molar-refractivity contribution in [3.63, 3.8) is 0 Å². The molecule has 3 rings (SSSR count). The Morgan fingerprint density at radius 2 is 1.92 bits per heavy atom. The second-order valence-electron chi connectivity index (χ2n) is 7.74. The van der Waals surface area contributed by atoms with Crippen LogP contribution >= 0.6 is 0 Å². The van der Waals surface area contributed by atoms with Crippen molar-refractivity contribution in [1.29, 1.82) is 0 Å². The van der Waals surface area contributed by atoms with Crippen LogP contribution in [0.5, 0.6) is 0 Å². The molecule has 2 aliphatic heterocycles. The van der Waals surface area contributed by atoms with Crippen LogP contribution in [-0.4, -0.2) is 71.1 Å². The number of carboxylic acid groups (broad SMARTS) is 1. The van der Waals surface area contributed by atoms with Gasteiger partial charge in [-0.1, -0.05) is 6.92 Å². The van der Waals surface area contributed by atoms with E-state index in [9.17, 15) is 14.4 Å². The Morgan fingerprint density at radius 3 is 2.60 bits per heavy atom. The number of morpholine rings is 1. The Morgan fingerprint density at radius 1 is 1.20 bits per heavy atom. The van der Waals surface area contributed by atoms with Crippen LogP contribution in [0.1, 0.15) is 45.4 Å². The molecule has 0 radical (unpaired) electrons. The Labute approximate surface area is 148 Å². The van der Waals surface area contributed by atoms with Crippen molar-refractivity contribution in [3.8, 4) is 0 Å². The molecule has 7 heteroatoms. The van der Waals surface area contributed by atoms with Crippen molar-refractivity contribution in [2.24, 2.45) is 11.8 Å². The maximum atomic E-state index is 12.8. The van der Waals surface area contributed by atoms with Crippen LogP contribution in [0.3, 0.4) is 0 Å². The summed E-state index contributed by atoms with van der Waals surface area (Å²) in [6.45, 7) is 3.89. The first kappa shape index (κ1) is 18.2. The molecule has 0 aromatic heterocycles. The summed E-state index contributed by atoms with van der Waals surface area (Å²) in [6.07, 6.45) is 4.09. The molecule has 2 heterocycles. The van der Waals surface area contributed by atoms with E-state index in [0.29, 0.717) is 26.2 Å². The fourth-order valence-electron chi connectivity index (χ4n) is 4.30. The topological polar surface area (TPSA) is 87.2 Å². The molecule has 140 valence electrons. The Balaban J connectivity index is 1.56. The number of carbonyl (C=O) groups is 3. The van der Waals surface area contributed by atoms with Gasteiger partial charge in [0.1, 0.15) is 0 Å². The minimum absolute atomic E-state index is 0.0290. The van der Waals surface area contributed by atoms with Crippen molar-refractivity contribution < 1.29 is 24.2 Å². The lowest BCUT2D eigenvalue weighted by molar-refractivity contribution is -0.149. The molecule has 0 aromatic carbocycles. The predicted octanol–water partition coefficient (Wildman–Crippen LogP) is 1.12. The number of nitrogens with zero attached hydrogens (tertiary/aromatic N) is 2. The van der Waals surface area contributed by atoms with Gasteiger partial charge in [-0.2, -0.15) is 0 Å². The number of amides is 2. The van der Waals surface area contributed by atoms with Crippen molar-refractivity contribution in [3.05, 3.63) is 0 Å². The van der Waals surface area contributed by atoms with Gasteiger partial charge >= 0.3 is 5.97 Å². The van der Waals surface area contributed by atoms with Gasteiger partial charge in [0, 0.05) is 32.1 Å². The number of rotatable bonds is 4. The highest BCUT2D eigenvalue weighted by Gasteiger charge is 2.41. The van der Waals surface area contributed by atoms with E-state index in [2.05, 4.69) is 6.92 Å². The molecule has 1 saturated carbocycles. The highest BCUT2D eigenvalue weighted by Crippen LogP contribution is 2.32. The molecule has 0 spiro atoms. The summed E-state index contributed by atoms with van der Waals surface area (Å²) in [6, 6.07) is 0.283. The predicted molar refractivity (Wildman–Crippen MR) is 89.8 cm³/mol. The molecule has 2 saturated heterocycles. The van der Waals surface area contributed by atoms with E-state index in [4.69, 9.17) is 9.84 Å². The first-order chi connectivity index (χ1) is 11.9. The summed E-state index contributed by atoms with van der Waals surface area (Å²) in [5.74, 6) is -0.429. The van der Waals surface area contributed by atoms with Crippen molar-refractivity contribution >= 4 is 17.8 Å². The van der Waals surface area contributed by atoms with Gasteiger partial charge in [0.25, 0.3) is 0 Å². The first-order valence-electron chi connectivity index (χ1n) is 9.35. The number of aliphatic carboxylic acids is 1. The van der Waals surface area contributed by atoms with Crippen LogP contribution in [0.2, 0.25) is 0 Å². The number of hydrogen-bond acceptors (Lipinski definition) is 4. The fourth-order valence-corrected chi connectivity index (χ4v) is 4.30. The second-order valence-corrected chi connectivity index (χ2v) is 7.74. The monoisotopic (exact) mass is 352 g/mol. The van der Waals surface area contributed by atoms with Crippen LogP contribution in [0.4, 0.5) is 0 Å². The molecule has 0 aromatic rings. The summed E-state index contributed by atoms with van der Waals surface area (Å²) < 4.78 is 5.43. The van der Waals surface area contributed by atoms with E-state index in [1.807, 2.05) is 4.90 Å². The van der Waals surface area contributed by atoms with Crippen molar-refractivity contribution in [1.82, 2.24) is 9.80 Å². The quantitative estimate of drug-likeness (QED) is 0.819. The third-order valence-corrected chi connectivity index (χ3v) is 5.79. The van der Waals surface area contributed by atoms with Gasteiger partial charge in [0.05, 0.1) is 25.0 Å². The number of carbonyl (C=O) groups excluding carboxylic acids is 2. The van der Waals surface area contributed by atoms with Gasteiger partial charge in [-0.25, -0.2) is 0 Å². The molecule has 2 amide bonds. The standard InChI is InChI=1S/C18H28N2O5/c1-12-2-4-14(5-3-12)20-10-13(8-16(20)21)18(24)19-6-7-25-15(11-19)9-17(22)23/h12-15H,2-11H2,1H3,(H,22,23). The Kier molecular flexibility index (Phi) is 5.61. The number of likely N-dealkylation sites (tertiary alicyclic amines) is 1. The van der Waals surface area contributed by atoms with Crippen LogP contribution < -0.4 is 0 Å². The van der Waals surface area contributed by atoms with E-state index in [1.165, 1.54) is 0 Å². The van der Waals surface area contributed by atoms with E-state index >= 15 is 0 Å². The average Bonchev–Trinajstić information content (AvgIpc) is 2.96. The molecular weight excluding hydrogens is 324 g/mol. The molecule has 1 aliphatic carbocycles. The lowest BCUT2D eigenvalue weighted by Crippen LogP contribution is -2.49. The molecular formula is C18H28N2O5. The van der Waals surface area contributed by atoms with Gasteiger partial charge in [0.2, 0.25) is 11.8 Å². The zero-order valence-corrected chi connectivity index (χ0v) is 14.9. The van der Waals surface area contributed by atoms with Crippen molar-refractivity contribution in [2.45, 2.75) is 57.6 Å². The minimum atomic E-state index is -0.923. The smallest absolute Gasteiger partial charge is 0.306 e. The molecule has 3 aliphatic rings. The Bertz CT molecular complexity index is 530. The molecule has 25 heavy (non-hydrogen) atoms. The van der Waals surface area contributed by atoms with E-state index < -0.39 is 12.1 Å². The lowest BCUT2D eigenvalue weighted by atomic mass is 9.86. The average molecular weight is 352 g/mol. The highest BCUT2D eigenvalue weighted by atomic mass is 16.5. The zero-order chi connectivity index (χ0) is 18.0. The lowest BCUT2D eigenvalue weighted by Gasteiger charge is -2.35. The van der Waals surface area contributed by atoms with Crippen molar-refractivity contribution in [2.75, 3.05) is 26.2 Å². The summed E-state index contributed by atoms with van der Waals surface area (Å²) >= 11 is 0. The van der Waals surface area contributed by atoms with E-state index in [1.54, 1.807) is 4.90 Å². The van der Waals surface area contributed by atoms with Gasteiger partial charge in [-0.05, 0) is 31.6 Å². The van der Waals surface area contributed by atoms with E-state index in [0.717, 1.165) is 31.6 Å². The summed E-state index contributed by atoms with van der Waals surface area (Å²) in [5.41, 5.74) is 0. The van der Waals surface area contributed by atoms with Crippen LogP contribution in [0, 0.1) is 11.8 Å². The maximum absolute atomic E-state index is 12.8. The zero-order valence-electron chi connectivity index (χ0n) is 14.9. The largest absolute Gasteiger partial charge is 0.481 e. The Hall–Kier alpha value is -1.63. The van der Waals surface area contributed by atoms with Gasteiger partial charge in [-0.3, -0.25) is 14.4 Å². The number of carboxylic acids is 1. The normalized spacial score (nSPS) is 33.6. The highest BCUT2D eigenvalue weighted by molar-refractivity contribution is 5.89. The summed E-state index contributed by atoms with van der Waals surface area (Å²) in [7, 11) is 0. The minimum Gasteiger partial charge on any atom is -0.481 e.